The van der Waals surface area contributed by atoms with Gasteiger partial charge in [-0.1, -0.05) is 23.4 Å². The SMILES string of the molecule is Cc1cc(C(=O)Cn2nnc3ccccc32)c(C)n1Cc1ccc2c(c1)OCO2. The van der Waals surface area contributed by atoms with E-state index in [1.807, 2.05) is 62.4 Å². The largest absolute Gasteiger partial charge is 0.454 e. The molecule has 1 aliphatic rings. The molecule has 0 atom stereocenters. The van der Waals surface area contributed by atoms with Crippen LogP contribution in [0.25, 0.3) is 11.0 Å². The normalized spacial score (nSPS) is 12.6. The molecule has 29 heavy (non-hydrogen) atoms. The number of hydrogen-bond acceptors (Lipinski definition) is 5. The fraction of sp³-hybridized carbons (Fsp3) is 0.227. The van der Waals surface area contributed by atoms with Gasteiger partial charge in [0.1, 0.15) is 12.1 Å². The van der Waals surface area contributed by atoms with Gasteiger partial charge in [-0.15, -0.1) is 5.10 Å². The molecule has 5 rings (SSSR count). The Morgan fingerprint density at radius 3 is 2.79 bits per heavy atom. The molecule has 146 valence electrons. The molecule has 0 spiro atoms. The lowest BCUT2D eigenvalue weighted by Gasteiger charge is -2.11. The second-order valence-electron chi connectivity index (χ2n) is 7.22. The van der Waals surface area contributed by atoms with Crippen LogP contribution in [-0.4, -0.2) is 32.1 Å². The number of para-hydroxylation sites is 1. The topological polar surface area (TPSA) is 71.2 Å². The molecular weight excluding hydrogens is 368 g/mol. The Kier molecular flexibility index (Phi) is 4.08. The van der Waals surface area contributed by atoms with Gasteiger partial charge < -0.3 is 14.0 Å². The van der Waals surface area contributed by atoms with Gasteiger partial charge in [0.15, 0.2) is 17.3 Å². The monoisotopic (exact) mass is 388 g/mol. The molecule has 7 nitrogen and oxygen atoms in total. The van der Waals surface area contributed by atoms with E-state index in [1.54, 1.807) is 4.68 Å². The van der Waals surface area contributed by atoms with Crippen LogP contribution in [0.15, 0.2) is 48.5 Å². The summed E-state index contributed by atoms with van der Waals surface area (Å²) in [4.78, 5) is 13.0. The highest BCUT2D eigenvalue weighted by Gasteiger charge is 2.19. The first-order chi connectivity index (χ1) is 14.1. The molecule has 0 saturated carbocycles. The number of rotatable bonds is 5. The molecule has 7 heteroatoms. The average Bonchev–Trinajstić information content (AvgIpc) is 3.42. The quantitative estimate of drug-likeness (QED) is 0.489. The van der Waals surface area contributed by atoms with Crippen LogP contribution in [0.5, 0.6) is 11.5 Å². The maximum Gasteiger partial charge on any atom is 0.231 e. The van der Waals surface area contributed by atoms with Gasteiger partial charge in [-0.2, -0.15) is 0 Å². The molecule has 0 unspecified atom stereocenters. The molecule has 0 fully saturated rings. The zero-order valence-corrected chi connectivity index (χ0v) is 16.3. The van der Waals surface area contributed by atoms with Crippen LogP contribution in [0.2, 0.25) is 0 Å². The zero-order valence-electron chi connectivity index (χ0n) is 16.3. The molecule has 3 heterocycles. The molecule has 0 radical (unpaired) electrons. The number of fused-ring (bicyclic) bond motifs is 2. The summed E-state index contributed by atoms with van der Waals surface area (Å²) in [6.45, 7) is 5.08. The summed E-state index contributed by atoms with van der Waals surface area (Å²) >= 11 is 0. The van der Waals surface area contributed by atoms with Crippen LogP contribution in [0.4, 0.5) is 0 Å². The van der Waals surface area contributed by atoms with E-state index < -0.39 is 0 Å². The van der Waals surface area contributed by atoms with Crippen molar-refractivity contribution in [2.45, 2.75) is 26.9 Å². The molecule has 2 aromatic carbocycles. The fourth-order valence-corrected chi connectivity index (χ4v) is 3.80. The fourth-order valence-electron chi connectivity index (χ4n) is 3.80. The van der Waals surface area contributed by atoms with E-state index in [9.17, 15) is 4.79 Å². The predicted octanol–water partition coefficient (Wildman–Crippen LogP) is 3.51. The van der Waals surface area contributed by atoms with Gasteiger partial charge in [-0.3, -0.25) is 4.79 Å². The first-order valence-electron chi connectivity index (χ1n) is 9.47. The van der Waals surface area contributed by atoms with Gasteiger partial charge in [0.2, 0.25) is 6.79 Å². The van der Waals surface area contributed by atoms with Crippen molar-refractivity contribution in [1.29, 1.82) is 0 Å². The van der Waals surface area contributed by atoms with Crippen LogP contribution in [0.3, 0.4) is 0 Å². The first-order valence-corrected chi connectivity index (χ1v) is 9.47. The van der Waals surface area contributed by atoms with E-state index >= 15 is 0 Å². The molecule has 0 bridgehead atoms. The van der Waals surface area contributed by atoms with Gasteiger partial charge in [-0.05, 0) is 49.7 Å². The summed E-state index contributed by atoms with van der Waals surface area (Å²) in [6.07, 6.45) is 0. The number of hydrogen-bond donors (Lipinski definition) is 0. The van der Waals surface area contributed by atoms with Crippen molar-refractivity contribution >= 4 is 16.8 Å². The Balaban J connectivity index is 1.41. The molecule has 4 aromatic rings. The maximum absolute atomic E-state index is 13.0. The Morgan fingerprint density at radius 1 is 1.07 bits per heavy atom. The number of aromatic nitrogens is 4. The zero-order chi connectivity index (χ0) is 20.0. The molecular formula is C22H20N4O3. The Labute approximate surface area is 167 Å². The number of ether oxygens (including phenoxy) is 2. The number of nitrogens with zero attached hydrogens (tertiary/aromatic N) is 4. The highest BCUT2D eigenvalue weighted by molar-refractivity contribution is 5.97. The number of carbonyl (C=O) groups is 1. The second-order valence-corrected chi connectivity index (χ2v) is 7.22. The van der Waals surface area contributed by atoms with E-state index in [2.05, 4.69) is 14.9 Å². The third-order valence-corrected chi connectivity index (χ3v) is 5.37. The Bertz CT molecular complexity index is 1240. The number of aryl methyl sites for hydroxylation is 1. The van der Waals surface area contributed by atoms with E-state index in [1.165, 1.54) is 0 Å². The Hall–Kier alpha value is -3.61. The average molecular weight is 388 g/mol. The van der Waals surface area contributed by atoms with E-state index in [-0.39, 0.29) is 19.1 Å². The van der Waals surface area contributed by atoms with Crippen LogP contribution in [0, 0.1) is 13.8 Å². The highest BCUT2D eigenvalue weighted by atomic mass is 16.7. The maximum atomic E-state index is 13.0. The van der Waals surface area contributed by atoms with Crippen molar-refractivity contribution in [3.63, 3.8) is 0 Å². The molecule has 0 N–H and O–H groups in total. The number of ketones is 1. The van der Waals surface area contributed by atoms with Crippen molar-refractivity contribution in [2.24, 2.45) is 0 Å². The summed E-state index contributed by atoms with van der Waals surface area (Å²) in [5.41, 5.74) is 5.42. The summed E-state index contributed by atoms with van der Waals surface area (Å²) in [5, 5.41) is 8.26. The lowest BCUT2D eigenvalue weighted by molar-refractivity contribution is 0.0967. The standard InChI is InChI=1S/C22H20N4O3/c1-14-9-17(20(27)12-26-19-6-4-3-5-18(19)23-24-26)15(2)25(14)11-16-7-8-21-22(10-16)29-13-28-21/h3-10H,11-13H2,1-2H3. The molecule has 0 amide bonds. The molecule has 2 aromatic heterocycles. The van der Waals surface area contributed by atoms with Gasteiger partial charge in [-0.25, -0.2) is 4.68 Å². The Morgan fingerprint density at radius 2 is 1.90 bits per heavy atom. The third-order valence-electron chi connectivity index (χ3n) is 5.37. The third kappa shape index (κ3) is 3.04. The van der Waals surface area contributed by atoms with Crippen molar-refractivity contribution < 1.29 is 14.3 Å². The molecule has 0 saturated heterocycles. The summed E-state index contributed by atoms with van der Waals surface area (Å²) in [5.74, 6) is 1.55. The van der Waals surface area contributed by atoms with Crippen molar-refractivity contribution in [2.75, 3.05) is 6.79 Å². The van der Waals surface area contributed by atoms with Crippen LogP contribution < -0.4 is 9.47 Å². The summed E-state index contributed by atoms with van der Waals surface area (Å²) in [6, 6.07) is 15.5. The summed E-state index contributed by atoms with van der Waals surface area (Å²) in [7, 11) is 0. The van der Waals surface area contributed by atoms with E-state index in [4.69, 9.17) is 9.47 Å². The predicted molar refractivity (Wildman–Crippen MR) is 107 cm³/mol. The van der Waals surface area contributed by atoms with E-state index in [0.717, 1.165) is 39.5 Å². The molecule has 1 aliphatic heterocycles. The minimum atomic E-state index is 0.0192. The van der Waals surface area contributed by atoms with Crippen LogP contribution in [0.1, 0.15) is 27.3 Å². The van der Waals surface area contributed by atoms with E-state index in [0.29, 0.717) is 12.1 Å². The number of Topliss-reactive ketones (excluding diaryl/α,β-unsaturated/α-hetero) is 1. The minimum Gasteiger partial charge on any atom is -0.454 e. The highest BCUT2D eigenvalue weighted by Crippen LogP contribution is 2.33. The van der Waals surface area contributed by atoms with Gasteiger partial charge in [0, 0.05) is 23.5 Å². The smallest absolute Gasteiger partial charge is 0.231 e. The van der Waals surface area contributed by atoms with Gasteiger partial charge in [0.05, 0.1) is 5.52 Å². The molecule has 0 aliphatic carbocycles. The van der Waals surface area contributed by atoms with Crippen LogP contribution >= 0.6 is 0 Å². The minimum absolute atomic E-state index is 0.0192. The van der Waals surface area contributed by atoms with Crippen molar-refractivity contribution in [3.8, 4) is 11.5 Å². The lowest BCUT2D eigenvalue weighted by atomic mass is 10.1. The summed E-state index contributed by atoms with van der Waals surface area (Å²) < 4.78 is 14.7. The van der Waals surface area contributed by atoms with Gasteiger partial charge in [0.25, 0.3) is 0 Å². The number of carbonyl (C=O) groups excluding carboxylic acids is 1. The number of benzene rings is 2. The van der Waals surface area contributed by atoms with Gasteiger partial charge >= 0.3 is 0 Å². The van der Waals surface area contributed by atoms with Crippen molar-refractivity contribution in [1.82, 2.24) is 19.6 Å². The van der Waals surface area contributed by atoms with Crippen molar-refractivity contribution in [3.05, 3.63) is 71.0 Å². The lowest BCUT2D eigenvalue weighted by Crippen LogP contribution is -2.13. The second kappa shape index (κ2) is 6.77. The van der Waals surface area contributed by atoms with Crippen LogP contribution in [-0.2, 0) is 13.1 Å². The first kappa shape index (κ1) is 17.5.